The van der Waals surface area contributed by atoms with Crippen molar-refractivity contribution in [3.63, 3.8) is 0 Å². The zero-order chi connectivity index (χ0) is 88.4. The summed E-state index contributed by atoms with van der Waals surface area (Å²) >= 11 is 0. The summed E-state index contributed by atoms with van der Waals surface area (Å²) in [6.45, 7) is 3.74. The summed E-state index contributed by atoms with van der Waals surface area (Å²) in [4.78, 5) is 81.4. The molecule has 8 aromatic carbocycles. The molecule has 5 aliphatic heterocycles. The number of fused-ring (bicyclic) bond motifs is 6. The molecule has 6 N–H and O–H groups in total. The molecule has 664 valence electrons. The number of hydrogen-bond acceptors (Lipinski definition) is 30. The number of rotatable bonds is 42. The van der Waals surface area contributed by atoms with Crippen LogP contribution in [0.25, 0.3) is 0 Å². The highest BCUT2D eigenvalue weighted by Crippen LogP contribution is 2.43. The first-order chi connectivity index (χ1) is 61.0. The SMILES string of the molecule is COc1cc2c(cc1OCc1cc(COc3cc4c(cc3OC)C(=O)N3Cc5ccccc5C[C@H]3C=N4)cc(OS(=O)(=O)Oc3cc(C(=O)NCCOCCOCCOCCn4cc(COCCOCCNC(=O)c5cccc(C(=O)CCS(=O)(=O)c6ccc(C)cc6)c5)nn4)ccc3OC3O[C@H](CO)[C@H](O)[C@H](O)[C@H]3O)c1)N=CC1Cc3ccccc3CN1C2=O. The van der Waals surface area contributed by atoms with Crippen molar-refractivity contribution in [2.45, 2.75) is 113 Å². The molecule has 1 fully saturated rings. The maximum absolute atomic E-state index is 14.5. The summed E-state index contributed by atoms with van der Waals surface area (Å²) in [6.07, 6.45) is -2.86. The summed E-state index contributed by atoms with van der Waals surface area (Å²) in [5, 5.41) is 56.0. The lowest BCUT2D eigenvalue weighted by molar-refractivity contribution is -0.277. The average Bonchev–Trinajstić information content (AvgIpc) is 1.61. The highest BCUT2D eigenvalue weighted by Gasteiger charge is 2.46. The Morgan fingerprint density at radius 1 is 0.532 bits per heavy atom. The molecule has 0 radical (unpaired) electrons. The fourth-order valence-electron chi connectivity index (χ4n) is 14.6. The number of methoxy groups -OCH3 is 2. The maximum Gasteiger partial charge on any atom is 0.501 e. The Kier molecular flexibility index (Phi) is 29.9. The van der Waals surface area contributed by atoms with Crippen LogP contribution in [0.5, 0.6) is 40.2 Å². The number of aliphatic hydroxyl groups excluding tert-OH is 4. The Morgan fingerprint density at radius 2 is 1.07 bits per heavy atom. The topological polar surface area (TPSA) is 441 Å². The minimum absolute atomic E-state index is 0.0192. The van der Waals surface area contributed by atoms with E-state index in [1.807, 2.05) is 55.5 Å². The highest BCUT2D eigenvalue weighted by atomic mass is 32.3. The summed E-state index contributed by atoms with van der Waals surface area (Å²) < 4.78 is 132. The Hall–Kier alpha value is -12.1. The Labute approximate surface area is 725 Å². The van der Waals surface area contributed by atoms with Gasteiger partial charge in [-0.1, -0.05) is 83.6 Å². The van der Waals surface area contributed by atoms with Crippen molar-refractivity contribution in [2.75, 3.05) is 99.1 Å². The fourth-order valence-corrected chi connectivity index (χ4v) is 16.6. The van der Waals surface area contributed by atoms with Gasteiger partial charge in [-0.25, -0.2) is 13.1 Å². The van der Waals surface area contributed by atoms with E-state index in [1.165, 1.54) is 50.6 Å². The normalized spacial score (nSPS) is 18.1. The van der Waals surface area contributed by atoms with Gasteiger partial charge in [-0.05, 0) is 126 Å². The van der Waals surface area contributed by atoms with Gasteiger partial charge in [0.15, 0.2) is 50.1 Å². The van der Waals surface area contributed by atoms with E-state index in [0.717, 1.165) is 39.9 Å². The molecule has 7 atom stereocenters. The molecule has 5 aliphatic rings. The van der Waals surface area contributed by atoms with E-state index in [0.29, 0.717) is 67.3 Å². The molecule has 14 rings (SSSR count). The molecule has 0 spiro atoms. The van der Waals surface area contributed by atoms with Crippen molar-refractivity contribution < 1.29 is 122 Å². The van der Waals surface area contributed by atoms with E-state index in [4.69, 9.17) is 70.5 Å². The van der Waals surface area contributed by atoms with E-state index in [2.05, 4.69) is 20.9 Å². The van der Waals surface area contributed by atoms with Gasteiger partial charge in [-0.2, -0.15) is 0 Å². The van der Waals surface area contributed by atoms with Crippen LogP contribution in [0.3, 0.4) is 0 Å². The molecule has 6 heterocycles. The summed E-state index contributed by atoms with van der Waals surface area (Å²) in [5.41, 5.74) is 7.90. The predicted octanol–water partition coefficient (Wildman–Crippen LogP) is 6.70. The highest BCUT2D eigenvalue weighted by molar-refractivity contribution is 7.91. The van der Waals surface area contributed by atoms with E-state index in [-0.39, 0.29) is 183 Å². The molecule has 126 heavy (non-hydrogen) atoms. The van der Waals surface area contributed by atoms with Crippen LogP contribution in [0.1, 0.15) is 103 Å². The zero-order valence-corrected chi connectivity index (χ0v) is 70.7. The monoisotopic (exact) mass is 1770 g/mol. The summed E-state index contributed by atoms with van der Waals surface area (Å²) in [7, 11) is -6.16. The molecular weight excluding hydrogens is 1680 g/mol. The lowest BCUT2D eigenvalue weighted by Crippen LogP contribution is -2.60. The number of Topliss-reactive ketones (excluding diaryl/α,β-unsaturated/α-hetero) is 1. The lowest BCUT2D eigenvalue weighted by Gasteiger charge is -2.39. The van der Waals surface area contributed by atoms with Gasteiger partial charge in [-0.15, -0.1) is 13.5 Å². The average molecular weight is 1770 g/mol. The minimum Gasteiger partial charge on any atom is -0.493 e. The number of sulfone groups is 1. The van der Waals surface area contributed by atoms with Gasteiger partial charge >= 0.3 is 10.4 Å². The van der Waals surface area contributed by atoms with Gasteiger partial charge in [0, 0.05) is 73.9 Å². The number of ketones is 1. The van der Waals surface area contributed by atoms with E-state index in [1.54, 1.807) is 93.8 Å². The second-order valence-electron chi connectivity index (χ2n) is 30.0. The summed E-state index contributed by atoms with van der Waals surface area (Å²) in [6, 6.07) is 41.7. The Morgan fingerprint density at radius 3 is 1.64 bits per heavy atom. The van der Waals surface area contributed by atoms with Gasteiger partial charge in [-0.3, -0.25) is 34.0 Å². The van der Waals surface area contributed by atoms with Crippen molar-refractivity contribution in [3.05, 3.63) is 236 Å². The number of aryl methyl sites for hydroxylation is 1. The van der Waals surface area contributed by atoms with Crippen molar-refractivity contribution >= 4 is 73.5 Å². The number of aliphatic imine (C=N–C) groups is 2. The van der Waals surface area contributed by atoms with E-state index in [9.17, 15) is 61.2 Å². The van der Waals surface area contributed by atoms with Gasteiger partial charge < -0.3 is 101 Å². The third-order valence-corrected chi connectivity index (χ3v) is 23.8. The molecule has 9 aromatic rings. The van der Waals surface area contributed by atoms with Gasteiger partial charge in [0.05, 0.1) is 145 Å². The first-order valence-corrected chi connectivity index (χ1v) is 43.6. The van der Waals surface area contributed by atoms with Crippen LogP contribution in [0.2, 0.25) is 0 Å². The van der Waals surface area contributed by atoms with Crippen LogP contribution < -0.4 is 42.7 Å². The molecule has 0 saturated carbocycles. The molecular formula is C89H95N9O26S2. The van der Waals surface area contributed by atoms with Gasteiger partial charge in [0.25, 0.3) is 23.6 Å². The van der Waals surface area contributed by atoms with Crippen molar-refractivity contribution in [3.8, 4) is 40.2 Å². The lowest BCUT2D eigenvalue weighted by atomic mass is 9.94. The molecule has 37 heteroatoms. The van der Waals surface area contributed by atoms with Crippen molar-refractivity contribution in [1.29, 1.82) is 0 Å². The number of aromatic nitrogens is 3. The molecule has 4 amide bonds. The molecule has 1 aromatic heterocycles. The molecule has 0 aliphatic carbocycles. The minimum atomic E-state index is -5.33. The smallest absolute Gasteiger partial charge is 0.493 e. The van der Waals surface area contributed by atoms with E-state index >= 15 is 0 Å². The Bertz CT molecular complexity index is 5550. The number of carbonyl (C=O) groups is 5. The number of amides is 4. The fraction of sp³-hybridized carbons (Fsp3) is 0.360. The van der Waals surface area contributed by atoms with Crippen LogP contribution in [0.4, 0.5) is 11.4 Å². The number of carbonyl (C=O) groups excluding carboxylic acids is 5. The molecule has 2 unspecified atom stereocenters. The largest absolute Gasteiger partial charge is 0.501 e. The zero-order valence-electron chi connectivity index (χ0n) is 69.1. The van der Waals surface area contributed by atoms with Crippen molar-refractivity contribution in [1.82, 2.24) is 35.4 Å². The molecule has 1 saturated heterocycles. The number of nitrogens with zero attached hydrogens (tertiary/aromatic N) is 7. The van der Waals surface area contributed by atoms with Crippen LogP contribution in [0.15, 0.2) is 179 Å². The first-order valence-electron chi connectivity index (χ1n) is 40.7. The molecule has 0 bridgehead atoms. The number of nitrogens with one attached hydrogen (secondary N) is 2. The standard InChI is InChI=1S/C89H95N9O26S2/c1-55-15-18-69(19-16-55)125(108,109)34-21-74(100)60-13-8-14-61(38-60)85(104)90-22-26-115-32-33-118-54-65-50-96(95-94-65)24-27-116-29-31-117-30-28-114-25-23-91-86(105)62-17-20-75(121-89-84(103)83(102)82(101)81(51-99)122-89)80(41-62)124-126(110,111)123-68-36-56(52-119-78-44-72-70(42-76(78)112-2)87(106)97-48-63-11-6-4-9-58(63)39-66(97)46-92-72)35-57(37-68)53-120-79-45-73-71(43-77(79)113-3)88(107)98-49-64-12-7-5-10-59(64)40-67(98)47-93-73/h4-20,35-38,41-47,50,66-67,81-84,89,99,101-103H,21-34,39-40,48-49,51-54H2,1-3H3,(H,90,104)(H,91,105)/t66-,67?,81+,82-,83-,84+,89?/m0/s1. The number of aliphatic hydroxyl groups is 4. The maximum atomic E-state index is 14.5. The Balaban J connectivity index is 0.556. The number of ether oxygens (including phenoxy) is 11. The van der Waals surface area contributed by atoms with Crippen molar-refractivity contribution in [2.24, 2.45) is 9.98 Å². The van der Waals surface area contributed by atoms with Crippen LogP contribution in [-0.4, -0.2) is 246 Å². The van der Waals surface area contributed by atoms with E-state index < -0.39 is 86.6 Å². The second-order valence-corrected chi connectivity index (χ2v) is 33.3. The first kappa shape index (κ1) is 90.1. The third kappa shape index (κ3) is 22.8. The number of benzene rings is 8. The van der Waals surface area contributed by atoms with Gasteiger partial charge in [0.2, 0.25) is 6.29 Å². The predicted molar refractivity (Wildman–Crippen MR) is 452 cm³/mol. The second kappa shape index (κ2) is 41.8. The van der Waals surface area contributed by atoms with Crippen LogP contribution >= 0.6 is 0 Å². The van der Waals surface area contributed by atoms with Gasteiger partial charge in [0.1, 0.15) is 49.1 Å². The summed E-state index contributed by atoms with van der Waals surface area (Å²) in [5.74, 6) is -3.20. The third-order valence-electron chi connectivity index (χ3n) is 21.3. The quantitative estimate of drug-likeness (QED) is 0.0171. The number of hydrogen-bond donors (Lipinski definition) is 6. The van der Waals surface area contributed by atoms with Crippen LogP contribution in [0, 0.1) is 6.92 Å². The van der Waals surface area contributed by atoms with Crippen LogP contribution in [-0.2, 0) is 101 Å². The molecule has 35 nitrogen and oxygen atoms in total.